The number of benzene rings is 1. The number of aromatic nitrogens is 2. The van der Waals surface area contributed by atoms with Crippen LogP contribution in [0.1, 0.15) is 12.5 Å². The first-order valence-corrected chi connectivity index (χ1v) is 5.53. The molecular weight excluding hydrogens is 202 g/mol. The largest absolute Gasteiger partial charge is 0.380 e. The summed E-state index contributed by atoms with van der Waals surface area (Å²) in [6.07, 6.45) is 0. The van der Waals surface area contributed by atoms with Gasteiger partial charge in [0.2, 0.25) is 5.95 Å². The minimum Gasteiger partial charge on any atom is -0.380 e. The highest BCUT2D eigenvalue weighted by atomic mass is 16.5. The molecule has 2 rings (SSSR count). The van der Waals surface area contributed by atoms with Crippen molar-refractivity contribution in [3.8, 4) is 0 Å². The average molecular weight is 219 g/mol. The Morgan fingerprint density at radius 1 is 1.44 bits per heavy atom. The molecular formula is C12H17N3O. The summed E-state index contributed by atoms with van der Waals surface area (Å²) < 4.78 is 7.36. The summed E-state index contributed by atoms with van der Waals surface area (Å²) in [4.78, 5) is 4.34. The van der Waals surface area contributed by atoms with Gasteiger partial charge in [0.1, 0.15) is 0 Å². The quantitative estimate of drug-likeness (QED) is 0.800. The summed E-state index contributed by atoms with van der Waals surface area (Å²) in [5.74, 6) is 0.559. The molecule has 0 aliphatic rings. The average Bonchev–Trinajstić information content (AvgIpc) is 2.57. The molecule has 4 heteroatoms. The number of nitrogens with two attached hydrogens (primary N) is 1. The molecule has 1 aromatic heterocycles. The van der Waals surface area contributed by atoms with Crippen molar-refractivity contribution < 1.29 is 4.74 Å². The van der Waals surface area contributed by atoms with Gasteiger partial charge >= 0.3 is 0 Å². The minimum absolute atomic E-state index is 0.559. The van der Waals surface area contributed by atoms with E-state index in [0.717, 1.165) is 24.2 Å². The molecule has 0 amide bonds. The predicted molar refractivity (Wildman–Crippen MR) is 65.4 cm³/mol. The van der Waals surface area contributed by atoms with Crippen LogP contribution in [-0.4, -0.2) is 22.8 Å². The van der Waals surface area contributed by atoms with E-state index in [1.54, 1.807) is 0 Å². The predicted octanol–water partition coefficient (Wildman–Crippen LogP) is 1.96. The highest BCUT2D eigenvalue weighted by Crippen LogP contribution is 2.20. The molecule has 2 aromatic rings. The maximum absolute atomic E-state index is 5.90. The van der Waals surface area contributed by atoms with E-state index < -0.39 is 0 Å². The molecule has 0 radical (unpaired) electrons. The van der Waals surface area contributed by atoms with Crippen molar-refractivity contribution in [2.75, 3.05) is 18.9 Å². The fourth-order valence-corrected chi connectivity index (χ4v) is 1.91. The zero-order chi connectivity index (χ0) is 11.5. The first-order valence-electron chi connectivity index (χ1n) is 5.53. The van der Waals surface area contributed by atoms with E-state index in [1.165, 1.54) is 5.56 Å². The lowest BCUT2D eigenvalue weighted by atomic mass is 10.2. The van der Waals surface area contributed by atoms with Gasteiger partial charge in [0, 0.05) is 13.2 Å². The zero-order valence-corrected chi connectivity index (χ0v) is 9.73. The van der Waals surface area contributed by atoms with Gasteiger partial charge in [-0.25, -0.2) is 4.98 Å². The second-order valence-corrected chi connectivity index (χ2v) is 3.76. The summed E-state index contributed by atoms with van der Waals surface area (Å²) in [6.45, 7) is 6.20. The second-order valence-electron chi connectivity index (χ2n) is 3.76. The molecule has 0 unspecified atom stereocenters. The first kappa shape index (κ1) is 11.0. The molecule has 0 aliphatic carbocycles. The van der Waals surface area contributed by atoms with E-state index in [4.69, 9.17) is 10.5 Å². The highest BCUT2D eigenvalue weighted by molar-refractivity contribution is 5.81. The Hall–Kier alpha value is -1.55. The molecule has 16 heavy (non-hydrogen) atoms. The maximum atomic E-state index is 5.90. The van der Waals surface area contributed by atoms with Gasteiger partial charge in [-0.2, -0.15) is 0 Å². The van der Waals surface area contributed by atoms with Crippen molar-refractivity contribution >= 4 is 17.0 Å². The Morgan fingerprint density at radius 3 is 3.00 bits per heavy atom. The molecule has 2 N–H and O–H groups in total. The molecule has 1 heterocycles. The standard InChI is InChI=1S/C12H17N3O/c1-3-16-8-7-15-11-9(2)5-4-6-10(11)14-12(15)13/h4-6H,3,7-8H2,1-2H3,(H2,13,14). The number of imidazole rings is 1. The van der Waals surface area contributed by atoms with Crippen molar-refractivity contribution in [2.24, 2.45) is 0 Å². The van der Waals surface area contributed by atoms with Crippen LogP contribution in [0, 0.1) is 6.92 Å². The highest BCUT2D eigenvalue weighted by Gasteiger charge is 2.09. The number of hydrogen-bond donors (Lipinski definition) is 1. The van der Waals surface area contributed by atoms with Crippen LogP contribution < -0.4 is 5.73 Å². The molecule has 0 spiro atoms. The van der Waals surface area contributed by atoms with Gasteiger partial charge < -0.3 is 15.0 Å². The molecule has 0 bridgehead atoms. The summed E-state index contributed by atoms with van der Waals surface area (Å²) in [6, 6.07) is 6.05. The third kappa shape index (κ3) is 1.88. The lowest BCUT2D eigenvalue weighted by Gasteiger charge is -2.07. The number of nitrogen functional groups attached to an aromatic ring is 1. The lowest BCUT2D eigenvalue weighted by Crippen LogP contribution is -2.09. The van der Waals surface area contributed by atoms with Crippen molar-refractivity contribution in [1.82, 2.24) is 9.55 Å². The van der Waals surface area contributed by atoms with E-state index in [2.05, 4.69) is 18.0 Å². The smallest absolute Gasteiger partial charge is 0.201 e. The van der Waals surface area contributed by atoms with E-state index in [9.17, 15) is 0 Å². The van der Waals surface area contributed by atoms with Gasteiger partial charge in [-0.1, -0.05) is 12.1 Å². The van der Waals surface area contributed by atoms with Crippen LogP contribution in [0.4, 0.5) is 5.95 Å². The number of nitrogens with zero attached hydrogens (tertiary/aromatic N) is 2. The van der Waals surface area contributed by atoms with Crippen molar-refractivity contribution in [3.05, 3.63) is 23.8 Å². The fourth-order valence-electron chi connectivity index (χ4n) is 1.91. The second kappa shape index (κ2) is 4.53. The van der Waals surface area contributed by atoms with Crippen LogP contribution in [0.5, 0.6) is 0 Å². The molecule has 0 saturated carbocycles. The van der Waals surface area contributed by atoms with Crippen molar-refractivity contribution in [3.63, 3.8) is 0 Å². The number of ether oxygens (including phenoxy) is 1. The van der Waals surface area contributed by atoms with Crippen LogP contribution in [0.2, 0.25) is 0 Å². The third-order valence-corrected chi connectivity index (χ3v) is 2.66. The Kier molecular flexibility index (Phi) is 3.10. The third-order valence-electron chi connectivity index (χ3n) is 2.66. The number of para-hydroxylation sites is 1. The lowest BCUT2D eigenvalue weighted by molar-refractivity contribution is 0.140. The number of aryl methyl sites for hydroxylation is 1. The Morgan fingerprint density at radius 2 is 2.25 bits per heavy atom. The first-order chi connectivity index (χ1) is 7.74. The van der Waals surface area contributed by atoms with Gasteiger partial charge in [0.05, 0.1) is 17.6 Å². The Balaban J connectivity index is 2.38. The summed E-state index contributed by atoms with van der Waals surface area (Å²) in [5, 5.41) is 0. The molecule has 0 saturated heterocycles. The normalized spacial score (nSPS) is 11.1. The van der Waals surface area contributed by atoms with Crippen LogP contribution >= 0.6 is 0 Å². The molecule has 0 atom stereocenters. The van der Waals surface area contributed by atoms with E-state index in [1.807, 2.05) is 23.6 Å². The van der Waals surface area contributed by atoms with Crippen LogP contribution in [0.3, 0.4) is 0 Å². The topological polar surface area (TPSA) is 53.1 Å². The van der Waals surface area contributed by atoms with E-state index in [-0.39, 0.29) is 0 Å². The number of hydrogen-bond acceptors (Lipinski definition) is 3. The molecule has 0 aliphatic heterocycles. The van der Waals surface area contributed by atoms with Gasteiger partial charge in [0.15, 0.2) is 0 Å². The summed E-state index contributed by atoms with van der Waals surface area (Å²) in [7, 11) is 0. The molecule has 0 fully saturated rings. The maximum Gasteiger partial charge on any atom is 0.201 e. The summed E-state index contributed by atoms with van der Waals surface area (Å²) >= 11 is 0. The number of rotatable bonds is 4. The summed E-state index contributed by atoms with van der Waals surface area (Å²) in [5.41, 5.74) is 9.16. The molecule has 86 valence electrons. The Labute approximate surface area is 95.0 Å². The molecule has 1 aromatic carbocycles. The van der Waals surface area contributed by atoms with Crippen molar-refractivity contribution in [2.45, 2.75) is 20.4 Å². The molecule has 4 nitrogen and oxygen atoms in total. The van der Waals surface area contributed by atoms with Gasteiger partial charge in [-0.3, -0.25) is 0 Å². The fraction of sp³-hybridized carbons (Fsp3) is 0.417. The van der Waals surface area contributed by atoms with Crippen LogP contribution in [-0.2, 0) is 11.3 Å². The Bertz CT molecular complexity index is 490. The van der Waals surface area contributed by atoms with Gasteiger partial charge in [-0.15, -0.1) is 0 Å². The van der Waals surface area contributed by atoms with E-state index in [0.29, 0.717) is 12.6 Å². The van der Waals surface area contributed by atoms with Gasteiger partial charge in [-0.05, 0) is 25.5 Å². The van der Waals surface area contributed by atoms with Crippen LogP contribution in [0.15, 0.2) is 18.2 Å². The van der Waals surface area contributed by atoms with E-state index >= 15 is 0 Å². The number of fused-ring (bicyclic) bond motifs is 1. The van der Waals surface area contributed by atoms with Crippen molar-refractivity contribution in [1.29, 1.82) is 0 Å². The SMILES string of the molecule is CCOCCn1c(N)nc2cccc(C)c21. The minimum atomic E-state index is 0.559. The van der Waals surface area contributed by atoms with Crippen LogP contribution in [0.25, 0.3) is 11.0 Å². The monoisotopic (exact) mass is 219 g/mol. The number of anilines is 1. The zero-order valence-electron chi connectivity index (χ0n) is 9.73. The van der Waals surface area contributed by atoms with Gasteiger partial charge in [0.25, 0.3) is 0 Å².